The molecule has 3 rings (SSSR count). The SMILES string of the molecule is CCOc1ccc2nc3ccccc3c(=O)n2n1. The van der Waals surface area contributed by atoms with Gasteiger partial charge in [0.2, 0.25) is 5.88 Å². The van der Waals surface area contributed by atoms with Gasteiger partial charge in [0.1, 0.15) is 0 Å². The molecule has 0 saturated heterocycles. The lowest BCUT2D eigenvalue weighted by Crippen LogP contribution is -2.18. The van der Waals surface area contributed by atoms with Crippen molar-refractivity contribution in [1.82, 2.24) is 14.6 Å². The van der Waals surface area contributed by atoms with Crippen molar-refractivity contribution in [1.29, 1.82) is 0 Å². The van der Waals surface area contributed by atoms with E-state index >= 15 is 0 Å². The van der Waals surface area contributed by atoms with E-state index in [1.54, 1.807) is 18.2 Å². The molecule has 0 fully saturated rings. The molecule has 5 heteroatoms. The second-order valence-electron chi connectivity index (χ2n) is 3.81. The molecule has 0 atom stereocenters. The predicted octanol–water partition coefficient (Wildman–Crippen LogP) is 1.64. The van der Waals surface area contributed by atoms with E-state index in [4.69, 9.17) is 4.74 Å². The van der Waals surface area contributed by atoms with E-state index in [0.29, 0.717) is 29.0 Å². The fourth-order valence-electron chi connectivity index (χ4n) is 1.85. The first-order chi connectivity index (χ1) is 8.79. The van der Waals surface area contributed by atoms with Crippen LogP contribution >= 0.6 is 0 Å². The van der Waals surface area contributed by atoms with Gasteiger partial charge in [-0.1, -0.05) is 12.1 Å². The minimum Gasteiger partial charge on any atom is -0.477 e. The van der Waals surface area contributed by atoms with E-state index < -0.39 is 0 Å². The Morgan fingerprint density at radius 3 is 2.89 bits per heavy atom. The van der Waals surface area contributed by atoms with Crippen LogP contribution in [0.5, 0.6) is 5.88 Å². The molecule has 2 aromatic heterocycles. The molecule has 0 bridgehead atoms. The molecule has 90 valence electrons. The molecule has 0 spiro atoms. The smallest absolute Gasteiger partial charge is 0.282 e. The van der Waals surface area contributed by atoms with Crippen LogP contribution in [0.2, 0.25) is 0 Å². The average molecular weight is 241 g/mol. The van der Waals surface area contributed by atoms with Gasteiger partial charge < -0.3 is 4.74 Å². The van der Waals surface area contributed by atoms with Crippen molar-refractivity contribution < 1.29 is 4.74 Å². The van der Waals surface area contributed by atoms with Gasteiger partial charge in [-0.25, -0.2) is 4.98 Å². The number of nitrogens with zero attached hydrogens (tertiary/aromatic N) is 3. The number of ether oxygens (including phenoxy) is 1. The van der Waals surface area contributed by atoms with Gasteiger partial charge in [-0.3, -0.25) is 4.79 Å². The van der Waals surface area contributed by atoms with Crippen LogP contribution in [0.25, 0.3) is 16.6 Å². The molecule has 0 amide bonds. The van der Waals surface area contributed by atoms with Gasteiger partial charge in [-0.15, -0.1) is 5.10 Å². The average Bonchev–Trinajstić information content (AvgIpc) is 2.40. The van der Waals surface area contributed by atoms with Crippen molar-refractivity contribution in [3.05, 3.63) is 46.8 Å². The summed E-state index contributed by atoms with van der Waals surface area (Å²) >= 11 is 0. The molecule has 0 aliphatic carbocycles. The molecular formula is C13H11N3O2. The van der Waals surface area contributed by atoms with E-state index in [9.17, 15) is 4.79 Å². The maximum Gasteiger partial charge on any atom is 0.282 e. The quantitative estimate of drug-likeness (QED) is 0.640. The fraction of sp³-hybridized carbons (Fsp3) is 0.154. The molecule has 0 saturated carbocycles. The summed E-state index contributed by atoms with van der Waals surface area (Å²) in [6.07, 6.45) is 0. The van der Waals surface area contributed by atoms with Crippen molar-refractivity contribution in [2.75, 3.05) is 6.61 Å². The molecule has 0 unspecified atom stereocenters. The highest BCUT2D eigenvalue weighted by Crippen LogP contribution is 2.10. The lowest BCUT2D eigenvalue weighted by Gasteiger charge is -2.05. The lowest BCUT2D eigenvalue weighted by molar-refractivity contribution is 0.321. The van der Waals surface area contributed by atoms with E-state index in [1.807, 2.05) is 25.1 Å². The van der Waals surface area contributed by atoms with Gasteiger partial charge in [0.25, 0.3) is 5.56 Å². The molecule has 0 N–H and O–H groups in total. The first-order valence-electron chi connectivity index (χ1n) is 5.71. The minimum absolute atomic E-state index is 0.183. The Hall–Kier alpha value is -2.43. The maximum absolute atomic E-state index is 12.2. The lowest BCUT2D eigenvalue weighted by atomic mass is 10.2. The number of aromatic nitrogens is 3. The molecule has 18 heavy (non-hydrogen) atoms. The Morgan fingerprint density at radius 1 is 1.22 bits per heavy atom. The summed E-state index contributed by atoms with van der Waals surface area (Å²) in [7, 11) is 0. The van der Waals surface area contributed by atoms with Crippen molar-refractivity contribution in [3.8, 4) is 5.88 Å². The summed E-state index contributed by atoms with van der Waals surface area (Å²) in [5.41, 5.74) is 1.01. The van der Waals surface area contributed by atoms with Crippen LogP contribution in [0.4, 0.5) is 0 Å². The Balaban J connectivity index is 2.38. The van der Waals surface area contributed by atoms with Gasteiger partial charge >= 0.3 is 0 Å². The number of benzene rings is 1. The zero-order valence-corrected chi connectivity index (χ0v) is 9.83. The monoisotopic (exact) mass is 241 g/mol. The predicted molar refractivity (Wildman–Crippen MR) is 67.9 cm³/mol. The number of hydrogen-bond donors (Lipinski definition) is 0. The number of fused-ring (bicyclic) bond motifs is 2. The molecule has 0 aliphatic rings. The Morgan fingerprint density at radius 2 is 2.06 bits per heavy atom. The van der Waals surface area contributed by atoms with Crippen molar-refractivity contribution in [2.45, 2.75) is 6.92 Å². The highest BCUT2D eigenvalue weighted by molar-refractivity contribution is 5.79. The molecular weight excluding hydrogens is 230 g/mol. The van der Waals surface area contributed by atoms with Crippen LogP contribution in [0.15, 0.2) is 41.2 Å². The van der Waals surface area contributed by atoms with Gasteiger partial charge in [-0.2, -0.15) is 4.52 Å². The Bertz CT molecular complexity index is 780. The molecule has 2 heterocycles. The van der Waals surface area contributed by atoms with Crippen LogP contribution in [0.3, 0.4) is 0 Å². The minimum atomic E-state index is -0.183. The molecule has 0 radical (unpaired) electrons. The number of hydrogen-bond acceptors (Lipinski definition) is 4. The standard InChI is InChI=1S/C13H11N3O2/c1-2-18-12-8-7-11-14-10-6-4-3-5-9(10)13(17)16(11)15-12/h3-8H,2H2,1H3. The highest BCUT2D eigenvalue weighted by Gasteiger charge is 2.06. The first-order valence-corrected chi connectivity index (χ1v) is 5.71. The molecule has 0 aliphatic heterocycles. The normalized spacial score (nSPS) is 10.9. The first kappa shape index (κ1) is 10.7. The number of para-hydroxylation sites is 1. The third kappa shape index (κ3) is 1.60. The topological polar surface area (TPSA) is 56.5 Å². The van der Waals surface area contributed by atoms with E-state index in [1.165, 1.54) is 4.52 Å². The highest BCUT2D eigenvalue weighted by atomic mass is 16.5. The van der Waals surface area contributed by atoms with Crippen LogP contribution < -0.4 is 10.3 Å². The van der Waals surface area contributed by atoms with Crippen molar-refractivity contribution >= 4 is 16.6 Å². The fourth-order valence-corrected chi connectivity index (χ4v) is 1.85. The summed E-state index contributed by atoms with van der Waals surface area (Å²) in [5, 5.41) is 4.69. The van der Waals surface area contributed by atoms with Crippen molar-refractivity contribution in [3.63, 3.8) is 0 Å². The van der Waals surface area contributed by atoms with Crippen LogP contribution in [-0.4, -0.2) is 21.2 Å². The summed E-state index contributed by atoms with van der Waals surface area (Å²) in [6, 6.07) is 10.7. The number of rotatable bonds is 2. The van der Waals surface area contributed by atoms with Crippen LogP contribution in [-0.2, 0) is 0 Å². The van der Waals surface area contributed by atoms with Gasteiger partial charge in [0.15, 0.2) is 5.65 Å². The third-order valence-corrected chi connectivity index (χ3v) is 2.64. The summed E-state index contributed by atoms with van der Waals surface area (Å²) < 4.78 is 6.55. The third-order valence-electron chi connectivity index (χ3n) is 2.64. The second-order valence-corrected chi connectivity index (χ2v) is 3.81. The maximum atomic E-state index is 12.2. The summed E-state index contributed by atoms with van der Waals surface area (Å²) in [4.78, 5) is 16.6. The van der Waals surface area contributed by atoms with Gasteiger partial charge in [-0.05, 0) is 25.1 Å². The van der Waals surface area contributed by atoms with Crippen LogP contribution in [0.1, 0.15) is 6.92 Å². The largest absolute Gasteiger partial charge is 0.477 e. The molecule has 1 aromatic carbocycles. The Kier molecular flexibility index (Phi) is 2.44. The van der Waals surface area contributed by atoms with E-state index in [2.05, 4.69) is 10.1 Å². The second kappa shape index (κ2) is 4.10. The molecule has 5 nitrogen and oxygen atoms in total. The van der Waals surface area contributed by atoms with Gasteiger partial charge in [0, 0.05) is 6.07 Å². The van der Waals surface area contributed by atoms with Crippen molar-refractivity contribution in [2.24, 2.45) is 0 Å². The Labute approximate surface area is 103 Å². The summed E-state index contributed by atoms with van der Waals surface area (Å²) in [5.74, 6) is 0.421. The summed E-state index contributed by atoms with van der Waals surface area (Å²) in [6.45, 7) is 2.38. The molecule has 3 aromatic rings. The van der Waals surface area contributed by atoms with E-state index in [-0.39, 0.29) is 5.56 Å². The zero-order valence-electron chi connectivity index (χ0n) is 9.83. The zero-order chi connectivity index (χ0) is 12.5. The van der Waals surface area contributed by atoms with E-state index in [0.717, 1.165) is 0 Å². The van der Waals surface area contributed by atoms with Gasteiger partial charge in [0.05, 0.1) is 17.5 Å². The van der Waals surface area contributed by atoms with Crippen LogP contribution in [0, 0.1) is 0 Å².